The van der Waals surface area contributed by atoms with Crippen molar-refractivity contribution in [1.82, 2.24) is 15.4 Å². The number of aromatic nitrogens is 2. The summed E-state index contributed by atoms with van der Waals surface area (Å²) in [7, 11) is 0. The van der Waals surface area contributed by atoms with Crippen LogP contribution in [0.25, 0.3) is 22.4 Å². The van der Waals surface area contributed by atoms with E-state index in [0.717, 1.165) is 0 Å². The summed E-state index contributed by atoms with van der Waals surface area (Å²) in [6.07, 6.45) is -0.0514. The molecule has 0 saturated heterocycles. The van der Waals surface area contributed by atoms with Gasteiger partial charge < -0.3 is 20.3 Å². The van der Waals surface area contributed by atoms with E-state index in [1.165, 1.54) is 12.1 Å². The van der Waals surface area contributed by atoms with E-state index in [-0.39, 0.29) is 6.42 Å². The number of carbonyl (C=O) groups is 1. The second-order valence-corrected chi connectivity index (χ2v) is 4.97. The van der Waals surface area contributed by atoms with Crippen molar-refractivity contribution in [3.05, 3.63) is 35.9 Å². The minimum atomic E-state index is -0.606. The molecular formula is C15H13N3O5. The van der Waals surface area contributed by atoms with Crippen molar-refractivity contribution in [2.24, 2.45) is 0 Å². The maximum atomic E-state index is 11.3. The summed E-state index contributed by atoms with van der Waals surface area (Å²) in [5.74, 6) is -1.77. The smallest absolute Gasteiger partial charge is 0.247 e. The van der Waals surface area contributed by atoms with Gasteiger partial charge in [0.2, 0.25) is 5.91 Å². The van der Waals surface area contributed by atoms with Crippen LogP contribution in [0.3, 0.4) is 0 Å². The average molecular weight is 315 g/mol. The lowest BCUT2D eigenvalue weighted by molar-refractivity contribution is -0.128. The first kappa shape index (κ1) is 14.7. The highest BCUT2D eigenvalue weighted by Crippen LogP contribution is 2.38. The van der Waals surface area contributed by atoms with E-state index in [4.69, 9.17) is 5.21 Å². The minimum absolute atomic E-state index is 0.0514. The summed E-state index contributed by atoms with van der Waals surface area (Å²) in [6.45, 7) is 0. The number of aromatic hydroxyl groups is 3. The number of nitrogens with zero attached hydrogens (tertiary/aromatic N) is 1. The van der Waals surface area contributed by atoms with E-state index in [9.17, 15) is 20.1 Å². The van der Waals surface area contributed by atoms with Crippen molar-refractivity contribution < 1.29 is 25.3 Å². The number of para-hydroxylation sites is 1. The third kappa shape index (κ3) is 2.62. The van der Waals surface area contributed by atoms with Gasteiger partial charge in [-0.2, -0.15) is 0 Å². The molecule has 0 aliphatic rings. The SMILES string of the molecule is O=C(Cc1cccc2[nH]c(-c3cc(O)c(O)c(O)c3)nc12)NO. The standard InChI is InChI=1S/C15H13N3O5/c19-10-4-8(5-11(20)14(10)22)15-16-9-3-1-2-7(13(9)17-15)6-12(21)18-23/h1-5,19-20,22-23H,6H2,(H,16,17)(H,18,21). The molecule has 2 aromatic carbocycles. The second kappa shape index (κ2) is 5.50. The Kier molecular flexibility index (Phi) is 3.51. The van der Waals surface area contributed by atoms with Crippen LogP contribution < -0.4 is 5.48 Å². The fourth-order valence-corrected chi connectivity index (χ4v) is 2.32. The van der Waals surface area contributed by atoms with Crippen LogP contribution in [-0.2, 0) is 11.2 Å². The average Bonchev–Trinajstić information content (AvgIpc) is 2.97. The van der Waals surface area contributed by atoms with Crippen molar-refractivity contribution in [2.45, 2.75) is 6.42 Å². The number of hydroxylamine groups is 1. The Morgan fingerprint density at radius 1 is 1.17 bits per heavy atom. The van der Waals surface area contributed by atoms with Gasteiger partial charge in [-0.1, -0.05) is 12.1 Å². The van der Waals surface area contributed by atoms with E-state index in [2.05, 4.69) is 9.97 Å². The van der Waals surface area contributed by atoms with Gasteiger partial charge in [-0.3, -0.25) is 10.0 Å². The molecule has 0 spiro atoms. The quantitative estimate of drug-likeness (QED) is 0.245. The Balaban J connectivity index is 2.10. The summed E-state index contributed by atoms with van der Waals surface area (Å²) in [5, 5.41) is 37.2. The number of carbonyl (C=O) groups excluding carboxylic acids is 1. The van der Waals surface area contributed by atoms with E-state index < -0.39 is 23.2 Å². The predicted octanol–water partition coefficient (Wildman–Crippen LogP) is 1.39. The molecule has 8 heteroatoms. The summed E-state index contributed by atoms with van der Waals surface area (Å²) in [5.41, 5.74) is 3.71. The molecule has 0 aliphatic carbocycles. The van der Waals surface area contributed by atoms with Crippen LogP contribution >= 0.6 is 0 Å². The fraction of sp³-hybridized carbons (Fsp3) is 0.0667. The first-order chi connectivity index (χ1) is 11.0. The van der Waals surface area contributed by atoms with Gasteiger partial charge in [0.05, 0.1) is 17.5 Å². The normalized spacial score (nSPS) is 10.8. The largest absolute Gasteiger partial charge is 0.504 e. The molecule has 0 unspecified atom stereocenters. The number of aromatic amines is 1. The van der Waals surface area contributed by atoms with Crippen LogP contribution in [0.5, 0.6) is 17.2 Å². The number of rotatable bonds is 3. The highest BCUT2D eigenvalue weighted by Gasteiger charge is 2.14. The number of benzene rings is 2. The maximum absolute atomic E-state index is 11.3. The number of fused-ring (bicyclic) bond motifs is 1. The van der Waals surface area contributed by atoms with Crippen LogP contribution in [0.1, 0.15) is 5.56 Å². The summed E-state index contributed by atoms with van der Waals surface area (Å²) in [6, 6.07) is 7.70. The molecule has 0 fully saturated rings. The molecule has 0 atom stereocenters. The van der Waals surface area contributed by atoms with Crippen LogP contribution in [0.2, 0.25) is 0 Å². The molecule has 1 heterocycles. The number of phenols is 3. The Morgan fingerprint density at radius 3 is 2.52 bits per heavy atom. The zero-order valence-corrected chi connectivity index (χ0v) is 11.7. The van der Waals surface area contributed by atoms with Gasteiger partial charge in [0.1, 0.15) is 5.82 Å². The third-order valence-corrected chi connectivity index (χ3v) is 3.42. The zero-order valence-electron chi connectivity index (χ0n) is 11.7. The predicted molar refractivity (Wildman–Crippen MR) is 80.2 cm³/mol. The van der Waals surface area contributed by atoms with Gasteiger partial charge in [-0.25, -0.2) is 10.5 Å². The fourth-order valence-electron chi connectivity index (χ4n) is 2.32. The Bertz CT molecular complexity index is 880. The molecule has 118 valence electrons. The van der Waals surface area contributed by atoms with Crippen LogP contribution in [0, 0.1) is 0 Å². The molecule has 0 aliphatic heterocycles. The highest BCUT2D eigenvalue weighted by atomic mass is 16.5. The molecule has 3 rings (SSSR count). The van der Waals surface area contributed by atoms with Gasteiger partial charge in [0.15, 0.2) is 17.2 Å². The Labute approximate surface area is 129 Å². The van der Waals surface area contributed by atoms with E-state index in [1.807, 2.05) is 0 Å². The van der Waals surface area contributed by atoms with Gasteiger partial charge in [0.25, 0.3) is 0 Å². The summed E-state index contributed by atoms with van der Waals surface area (Å²) >= 11 is 0. The molecule has 1 aromatic heterocycles. The van der Waals surface area contributed by atoms with E-state index >= 15 is 0 Å². The number of hydrogen-bond donors (Lipinski definition) is 6. The zero-order chi connectivity index (χ0) is 16.6. The molecule has 0 radical (unpaired) electrons. The van der Waals surface area contributed by atoms with Gasteiger partial charge in [-0.15, -0.1) is 0 Å². The van der Waals surface area contributed by atoms with Crippen LogP contribution in [0.15, 0.2) is 30.3 Å². The highest BCUT2D eigenvalue weighted by molar-refractivity contribution is 5.87. The minimum Gasteiger partial charge on any atom is -0.504 e. The molecule has 1 amide bonds. The Morgan fingerprint density at radius 2 is 1.87 bits per heavy atom. The number of H-pyrrole nitrogens is 1. The van der Waals surface area contributed by atoms with Crippen molar-refractivity contribution in [3.63, 3.8) is 0 Å². The van der Waals surface area contributed by atoms with Gasteiger partial charge >= 0.3 is 0 Å². The lowest BCUT2D eigenvalue weighted by atomic mass is 10.1. The number of imidazole rings is 1. The first-order valence-electron chi connectivity index (χ1n) is 6.65. The number of phenolic OH excluding ortho intramolecular Hbond substituents is 3. The van der Waals surface area contributed by atoms with Crippen molar-refractivity contribution in [3.8, 4) is 28.6 Å². The van der Waals surface area contributed by atoms with E-state index in [0.29, 0.717) is 28.0 Å². The maximum Gasteiger partial charge on any atom is 0.247 e. The number of hydrogen-bond acceptors (Lipinski definition) is 6. The van der Waals surface area contributed by atoms with Crippen LogP contribution in [-0.4, -0.2) is 36.4 Å². The molecule has 0 saturated carbocycles. The molecule has 0 bridgehead atoms. The molecule has 6 N–H and O–H groups in total. The molecule has 8 nitrogen and oxygen atoms in total. The number of nitrogens with one attached hydrogen (secondary N) is 2. The van der Waals surface area contributed by atoms with Crippen LogP contribution in [0.4, 0.5) is 0 Å². The summed E-state index contributed by atoms with van der Waals surface area (Å²) in [4.78, 5) is 18.7. The van der Waals surface area contributed by atoms with E-state index in [1.54, 1.807) is 23.7 Å². The Hall–Kier alpha value is -3.26. The molecule has 3 aromatic rings. The van der Waals surface area contributed by atoms with Gasteiger partial charge in [0, 0.05) is 5.56 Å². The van der Waals surface area contributed by atoms with Gasteiger partial charge in [-0.05, 0) is 23.8 Å². The summed E-state index contributed by atoms with van der Waals surface area (Å²) < 4.78 is 0. The first-order valence-corrected chi connectivity index (χ1v) is 6.65. The van der Waals surface area contributed by atoms with Crippen molar-refractivity contribution >= 4 is 16.9 Å². The van der Waals surface area contributed by atoms with Crippen molar-refractivity contribution in [2.75, 3.05) is 0 Å². The molecular weight excluding hydrogens is 302 g/mol. The monoisotopic (exact) mass is 315 g/mol. The lowest BCUT2D eigenvalue weighted by Crippen LogP contribution is -2.20. The second-order valence-electron chi connectivity index (χ2n) is 4.97. The number of amides is 1. The third-order valence-electron chi connectivity index (χ3n) is 3.42. The molecule has 23 heavy (non-hydrogen) atoms. The van der Waals surface area contributed by atoms with Crippen molar-refractivity contribution in [1.29, 1.82) is 0 Å². The topological polar surface area (TPSA) is 139 Å². The lowest BCUT2D eigenvalue weighted by Gasteiger charge is -2.03.